The van der Waals surface area contributed by atoms with E-state index in [1.165, 1.54) is 6.20 Å². The number of piperidine rings is 2. The first-order valence-electron chi connectivity index (χ1n) is 15.1. The summed E-state index contributed by atoms with van der Waals surface area (Å²) in [5, 5.41) is 9.78. The van der Waals surface area contributed by atoms with Crippen molar-refractivity contribution in [3.63, 3.8) is 0 Å². The number of aromatic nitrogens is 4. The number of carbonyl (C=O) groups is 2. The summed E-state index contributed by atoms with van der Waals surface area (Å²) in [6.45, 7) is 16.5. The quantitative estimate of drug-likeness (QED) is 0.247. The smallest absolute Gasteiger partial charge is 0.407 e. The van der Waals surface area contributed by atoms with Crippen LogP contribution in [0.2, 0.25) is 15.7 Å². The minimum absolute atomic E-state index is 0.178. The van der Waals surface area contributed by atoms with Gasteiger partial charge in [0.05, 0.1) is 0 Å². The molecule has 2 aliphatic rings. The van der Waals surface area contributed by atoms with Gasteiger partial charge in [-0.25, -0.2) is 29.5 Å². The number of halogens is 3. The van der Waals surface area contributed by atoms with E-state index in [0.29, 0.717) is 23.5 Å². The van der Waals surface area contributed by atoms with Gasteiger partial charge in [0.25, 0.3) is 0 Å². The van der Waals surface area contributed by atoms with Gasteiger partial charge in [0.15, 0.2) is 0 Å². The highest BCUT2D eigenvalue weighted by molar-refractivity contribution is 6.31. The lowest BCUT2D eigenvalue weighted by molar-refractivity contribution is 0.0505. The number of alkyl carbamates (subject to hydrolysis) is 2. The van der Waals surface area contributed by atoms with E-state index in [2.05, 4.69) is 40.8 Å². The predicted molar refractivity (Wildman–Crippen MR) is 178 cm³/mol. The lowest BCUT2D eigenvalue weighted by atomic mass is 9.97. The number of amides is 2. The summed E-state index contributed by atoms with van der Waals surface area (Å²) in [7, 11) is 0. The van der Waals surface area contributed by atoms with Gasteiger partial charge in [-0.3, -0.25) is 0 Å². The molecule has 0 aliphatic carbocycles. The summed E-state index contributed by atoms with van der Waals surface area (Å²) in [4.78, 5) is 40.5. The molecule has 15 heteroatoms. The van der Waals surface area contributed by atoms with Crippen molar-refractivity contribution in [1.82, 2.24) is 35.9 Å². The molecule has 2 aromatic rings. The summed E-state index contributed by atoms with van der Waals surface area (Å²) < 4.78 is 10.4. The van der Waals surface area contributed by atoms with Gasteiger partial charge < -0.3 is 30.3 Å². The Morgan fingerprint density at radius 1 is 0.800 bits per heavy atom. The van der Waals surface area contributed by atoms with E-state index >= 15 is 0 Å². The first-order valence-corrected chi connectivity index (χ1v) is 16.2. The van der Waals surface area contributed by atoms with E-state index < -0.39 is 11.2 Å². The molecule has 3 N–H and O–H groups in total. The lowest BCUT2D eigenvalue weighted by Gasteiger charge is -2.32. The van der Waals surface area contributed by atoms with Gasteiger partial charge in [-0.2, -0.15) is 0 Å². The monoisotopic (exact) mass is 688 g/mol. The topological polar surface area (TPSA) is 143 Å². The maximum atomic E-state index is 11.6. The highest BCUT2D eigenvalue weighted by atomic mass is 35.5. The lowest BCUT2D eigenvalue weighted by Crippen LogP contribution is -2.40. The SMILES string of the molecule is CC(C)(C)OC(=O)NCC1CCN(c2ccnc(Cl)n2)CC1.CC(C)(C)OC(=O)NCC1CCNCC1.Clc1ccnc(Cl)n1. The molecule has 12 nitrogen and oxygen atoms in total. The number of carbonyl (C=O) groups excluding carboxylic acids is 2. The highest BCUT2D eigenvalue weighted by Crippen LogP contribution is 2.22. The Labute approximate surface area is 281 Å². The van der Waals surface area contributed by atoms with Gasteiger partial charge in [0.1, 0.15) is 22.2 Å². The third-order valence-corrected chi connectivity index (χ3v) is 7.04. The molecule has 2 fully saturated rings. The van der Waals surface area contributed by atoms with Gasteiger partial charge in [0, 0.05) is 38.6 Å². The van der Waals surface area contributed by atoms with Gasteiger partial charge in [-0.1, -0.05) is 11.6 Å². The van der Waals surface area contributed by atoms with Crippen LogP contribution < -0.4 is 20.9 Å². The summed E-state index contributed by atoms with van der Waals surface area (Å²) in [6.07, 6.45) is 6.78. The van der Waals surface area contributed by atoms with Crippen molar-refractivity contribution < 1.29 is 19.1 Å². The molecular formula is C30H47Cl3N8O4. The number of anilines is 1. The molecule has 2 amide bonds. The van der Waals surface area contributed by atoms with Gasteiger partial charge in [-0.05, 0) is 127 Å². The zero-order chi connectivity index (χ0) is 33.5. The van der Waals surface area contributed by atoms with Crippen LogP contribution in [0.3, 0.4) is 0 Å². The van der Waals surface area contributed by atoms with Crippen molar-refractivity contribution in [3.05, 3.63) is 40.2 Å². The van der Waals surface area contributed by atoms with E-state index in [9.17, 15) is 9.59 Å². The minimum Gasteiger partial charge on any atom is -0.444 e. The average Bonchev–Trinajstić information content (AvgIpc) is 2.95. The zero-order valence-electron chi connectivity index (χ0n) is 27.0. The average molecular weight is 690 g/mol. The van der Waals surface area contributed by atoms with Crippen LogP contribution in [0.4, 0.5) is 15.4 Å². The number of hydrogen-bond acceptors (Lipinski definition) is 10. The Morgan fingerprint density at radius 3 is 1.69 bits per heavy atom. The van der Waals surface area contributed by atoms with Crippen LogP contribution in [0, 0.1) is 11.8 Å². The summed E-state index contributed by atoms with van der Waals surface area (Å²) >= 11 is 16.6. The molecule has 2 saturated heterocycles. The van der Waals surface area contributed by atoms with E-state index in [1.54, 1.807) is 12.3 Å². The van der Waals surface area contributed by atoms with Crippen LogP contribution in [0.25, 0.3) is 0 Å². The third-order valence-electron chi connectivity index (χ3n) is 6.47. The maximum Gasteiger partial charge on any atom is 0.407 e. The molecule has 0 aromatic carbocycles. The van der Waals surface area contributed by atoms with Crippen LogP contribution in [-0.2, 0) is 9.47 Å². The van der Waals surface area contributed by atoms with Crippen LogP contribution in [-0.4, -0.2) is 82.6 Å². The molecule has 2 aliphatic heterocycles. The molecule has 45 heavy (non-hydrogen) atoms. The van der Waals surface area contributed by atoms with Gasteiger partial charge >= 0.3 is 12.2 Å². The first kappa shape index (κ1) is 38.5. The second-order valence-corrected chi connectivity index (χ2v) is 13.8. The van der Waals surface area contributed by atoms with Crippen LogP contribution >= 0.6 is 34.8 Å². The van der Waals surface area contributed by atoms with Gasteiger partial charge in [0.2, 0.25) is 10.6 Å². The fraction of sp³-hybridized carbons (Fsp3) is 0.667. The second-order valence-electron chi connectivity index (χ2n) is 12.7. The Kier molecular flexibility index (Phi) is 16.3. The number of rotatable bonds is 5. The van der Waals surface area contributed by atoms with E-state index in [-0.39, 0.29) is 22.8 Å². The fourth-order valence-corrected chi connectivity index (χ4v) is 4.82. The molecule has 0 bridgehead atoms. The summed E-state index contributed by atoms with van der Waals surface area (Å²) in [6, 6.07) is 3.43. The van der Waals surface area contributed by atoms with Gasteiger partial charge in [-0.15, -0.1) is 0 Å². The van der Waals surface area contributed by atoms with E-state index in [4.69, 9.17) is 44.3 Å². The fourth-order valence-electron chi connectivity index (χ4n) is 4.35. The van der Waals surface area contributed by atoms with Crippen molar-refractivity contribution in [2.24, 2.45) is 11.8 Å². The van der Waals surface area contributed by atoms with E-state index in [0.717, 1.165) is 64.2 Å². The van der Waals surface area contributed by atoms with Crippen LogP contribution in [0.5, 0.6) is 0 Å². The molecule has 0 saturated carbocycles. The summed E-state index contributed by atoms with van der Waals surface area (Å²) in [5.74, 6) is 1.92. The summed E-state index contributed by atoms with van der Waals surface area (Å²) in [5.41, 5.74) is -0.863. The highest BCUT2D eigenvalue weighted by Gasteiger charge is 2.23. The number of hydrogen-bond donors (Lipinski definition) is 3. The van der Waals surface area contributed by atoms with Crippen molar-refractivity contribution >= 4 is 52.8 Å². The van der Waals surface area contributed by atoms with Crippen molar-refractivity contribution in [2.45, 2.75) is 78.4 Å². The molecule has 4 heterocycles. The third kappa shape index (κ3) is 18.2. The maximum absolute atomic E-state index is 11.6. The Morgan fingerprint density at radius 2 is 1.27 bits per heavy atom. The molecular weight excluding hydrogens is 643 g/mol. The largest absolute Gasteiger partial charge is 0.444 e. The zero-order valence-corrected chi connectivity index (χ0v) is 29.3. The standard InChI is InChI=1S/C15H23ClN4O2.C11H22N2O2.C4H2Cl2N2/c1-15(2,3)22-14(21)18-10-11-5-8-20(9-6-11)12-4-7-17-13(16)19-12;1-11(2,3)15-10(14)13-8-9-4-6-12-7-5-9;5-3-1-2-7-4(6)8-3/h4,7,11H,5-6,8-10H2,1-3H3,(H,18,21);9,12H,4-8H2,1-3H3,(H,13,14);1-2H. The van der Waals surface area contributed by atoms with Crippen molar-refractivity contribution in [2.75, 3.05) is 44.2 Å². The number of nitrogens with zero attached hydrogens (tertiary/aromatic N) is 5. The molecule has 0 unspecified atom stereocenters. The number of ether oxygens (including phenoxy) is 2. The first-order chi connectivity index (χ1) is 21.1. The normalized spacial score (nSPS) is 15.9. The Hall–Kier alpha value is -2.67. The molecule has 0 atom stereocenters. The predicted octanol–water partition coefficient (Wildman–Crippen LogP) is 6.17. The minimum atomic E-state index is -0.459. The number of nitrogens with one attached hydrogen (secondary N) is 3. The van der Waals surface area contributed by atoms with Crippen LogP contribution in [0.1, 0.15) is 67.2 Å². The van der Waals surface area contributed by atoms with Crippen LogP contribution in [0.15, 0.2) is 24.5 Å². The van der Waals surface area contributed by atoms with Crippen molar-refractivity contribution in [1.29, 1.82) is 0 Å². The molecule has 0 radical (unpaired) electrons. The van der Waals surface area contributed by atoms with E-state index in [1.807, 2.05) is 47.6 Å². The second kappa shape index (κ2) is 19.1. The molecule has 0 spiro atoms. The molecule has 252 valence electrons. The molecule has 2 aromatic heterocycles. The Balaban J connectivity index is 0.000000263. The Bertz CT molecular complexity index is 1170. The van der Waals surface area contributed by atoms with Crippen molar-refractivity contribution in [3.8, 4) is 0 Å². The molecule has 4 rings (SSSR count).